The summed E-state index contributed by atoms with van der Waals surface area (Å²) in [4.78, 5) is 12.8. The number of fused-ring (bicyclic) bond motifs is 3. The van der Waals surface area contributed by atoms with Crippen molar-refractivity contribution in [2.45, 2.75) is 19.4 Å². The Morgan fingerprint density at radius 3 is 2.63 bits per heavy atom. The number of hydrogen-bond acceptors (Lipinski definition) is 3. The molecule has 2 N–H and O–H groups in total. The van der Waals surface area contributed by atoms with Crippen LogP contribution in [0.15, 0.2) is 65.1 Å². The molecule has 2 heterocycles. The number of rotatable bonds is 2. The van der Waals surface area contributed by atoms with Gasteiger partial charge in [0, 0.05) is 42.2 Å². The average molecular weight is 400 g/mol. The van der Waals surface area contributed by atoms with E-state index in [2.05, 4.69) is 35.8 Å². The van der Waals surface area contributed by atoms with Crippen molar-refractivity contribution in [1.82, 2.24) is 5.32 Å². The summed E-state index contributed by atoms with van der Waals surface area (Å²) in [7, 11) is 1.60. The molecule has 5 heteroatoms. The quantitative estimate of drug-likeness (QED) is 0.455. The third-order valence-electron chi connectivity index (χ3n) is 5.88. The first-order chi connectivity index (χ1) is 14.6. The summed E-state index contributed by atoms with van der Waals surface area (Å²) in [5.41, 5.74) is 6.39. The van der Waals surface area contributed by atoms with Crippen molar-refractivity contribution in [2.24, 2.45) is 0 Å². The molecule has 4 aromatic rings. The topological polar surface area (TPSA) is 54.3 Å². The van der Waals surface area contributed by atoms with Crippen LogP contribution >= 0.6 is 0 Å². The molecule has 1 aliphatic heterocycles. The van der Waals surface area contributed by atoms with Gasteiger partial charge in [0.2, 0.25) is 0 Å². The second-order valence-electron chi connectivity index (χ2n) is 7.60. The van der Waals surface area contributed by atoms with Gasteiger partial charge in [-0.05, 0) is 47.0 Å². The van der Waals surface area contributed by atoms with Gasteiger partial charge in [-0.25, -0.2) is 4.39 Å². The minimum Gasteiger partial charge on any atom is -0.455 e. The van der Waals surface area contributed by atoms with E-state index < -0.39 is 0 Å². The summed E-state index contributed by atoms with van der Waals surface area (Å²) in [5, 5.41) is 6.98. The minimum absolute atomic E-state index is 0.164. The van der Waals surface area contributed by atoms with Crippen LogP contribution in [0.2, 0.25) is 0 Å². The Kier molecular flexibility index (Phi) is 4.31. The lowest BCUT2D eigenvalue weighted by atomic mass is 9.89. The predicted octanol–water partition coefficient (Wildman–Crippen LogP) is 5.68. The summed E-state index contributed by atoms with van der Waals surface area (Å²) in [6, 6.07) is 18.4. The highest BCUT2D eigenvalue weighted by Gasteiger charge is 2.26. The molecule has 0 saturated heterocycles. The molecule has 0 aliphatic carbocycles. The number of benzene rings is 3. The number of hydrogen-bond donors (Lipinski definition) is 2. The fourth-order valence-electron chi connectivity index (χ4n) is 4.30. The van der Waals surface area contributed by atoms with Crippen molar-refractivity contribution in [3.05, 3.63) is 88.7 Å². The van der Waals surface area contributed by atoms with Gasteiger partial charge in [-0.3, -0.25) is 4.79 Å². The number of nitrogens with one attached hydrogen (secondary N) is 2. The van der Waals surface area contributed by atoms with Gasteiger partial charge in [-0.15, -0.1) is 0 Å². The van der Waals surface area contributed by atoms with E-state index in [0.29, 0.717) is 22.5 Å². The number of amides is 1. The van der Waals surface area contributed by atoms with Crippen molar-refractivity contribution < 1.29 is 13.6 Å². The standard InChI is InChI=1S/C25H21FN2O2/c1-14-18-6-4-3-5-16(18)13-28-21-12-22-20(11-19(14)21)23(25(29)27-2)24(30-22)15-7-9-17(26)10-8-15/h3-12,14,28H,13H2,1-2H3,(H,27,29). The molecule has 0 spiro atoms. The van der Waals surface area contributed by atoms with Gasteiger partial charge in [0.15, 0.2) is 0 Å². The van der Waals surface area contributed by atoms with Gasteiger partial charge < -0.3 is 15.1 Å². The molecule has 1 aliphatic rings. The van der Waals surface area contributed by atoms with Crippen LogP contribution in [0.4, 0.5) is 10.1 Å². The zero-order valence-electron chi connectivity index (χ0n) is 16.8. The predicted molar refractivity (Wildman–Crippen MR) is 116 cm³/mol. The van der Waals surface area contributed by atoms with Crippen molar-refractivity contribution in [3.63, 3.8) is 0 Å². The third-order valence-corrected chi connectivity index (χ3v) is 5.88. The molecule has 30 heavy (non-hydrogen) atoms. The second kappa shape index (κ2) is 7.02. The molecule has 3 aromatic carbocycles. The van der Waals surface area contributed by atoms with E-state index in [1.807, 2.05) is 18.2 Å². The fourth-order valence-corrected chi connectivity index (χ4v) is 4.30. The van der Waals surface area contributed by atoms with Crippen LogP contribution in [-0.2, 0) is 6.54 Å². The molecule has 1 unspecified atom stereocenters. The van der Waals surface area contributed by atoms with Gasteiger partial charge >= 0.3 is 0 Å². The Hall–Kier alpha value is -3.60. The van der Waals surface area contributed by atoms with Gasteiger partial charge in [0.05, 0.1) is 5.56 Å². The van der Waals surface area contributed by atoms with E-state index in [9.17, 15) is 9.18 Å². The fraction of sp³-hybridized carbons (Fsp3) is 0.160. The Labute approximate surface area is 173 Å². The lowest BCUT2D eigenvalue weighted by Gasteiger charge is -2.15. The third kappa shape index (κ3) is 2.86. The van der Waals surface area contributed by atoms with Crippen LogP contribution in [0, 0.1) is 5.82 Å². The monoisotopic (exact) mass is 400 g/mol. The van der Waals surface area contributed by atoms with Crippen LogP contribution in [0.1, 0.15) is 39.9 Å². The maximum absolute atomic E-state index is 13.4. The Balaban J connectivity index is 1.75. The first kappa shape index (κ1) is 18.4. The zero-order valence-corrected chi connectivity index (χ0v) is 16.8. The molecule has 1 amide bonds. The van der Waals surface area contributed by atoms with Crippen molar-refractivity contribution >= 4 is 22.6 Å². The SMILES string of the molecule is CNC(=O)c1c(-c2ccc(F)cc2)oc2cc3c(cc12)C(C)c1ccccc1CN3. The molecule has 5 rings (SSSR count). The van der Waals surface area contributed by atoms with E-state index in [1.54, 1.807) is 19.2 Å². The van der Waals surface area contributed by atoms with Gasteiger partial charge in [0.1, 0.15) is 17.2 Å². The summed E-state index contributed by atoms with van der Waals surface area (Å²) in [5.74, 6) is 0.0392. The molecule has 150 valence electrons. The maximum atomic E-state index is 13.4. The van der Waals surface area contributed by atoms with E-state index in [0.717, 1.165) is 23.2 Å². The van der Waals surface area contributed by atoms with Gasteiger partial charge in [0.25, 0.3) is 5.91 Å². The largest absolute Gasteiger partial charge is 0.455 e. The summed E-state index contributed by atoms with van der Waals surface area (Å²) in [6.45, 7) is 2.91. The van der Waals surface area contributed by atoms with E-state index >= 15 is 0 Å². The number of furan rings is 1. The van der Waals surface area contributed by atoms with Crippen molar-refractivity contribution in [1.29, 1.82) is 0 Å². The first-order valence-corrected chi connectivity index (χ1v) is 9.97. The number of halogens is 1. The molecular formula is C25H21FN2O2. The highest BCUT2D eigenvalue weighted by atomic mass is 19.1. The molecule has 0 radical (unpaired) electrons. The van der Waals surface area contributed by atoms with E-state index in [4.69, 9.17) is 4.42 Å². The van der Waals surface area contributed by atoms with Crippen LogP contribution in [-0.4, -0.2) is 13.0 Å². The second-order valence-corrected chi connectivity index (χ2v) is 7.60. The molecule has 1 aromatic heterocycles. The van der Waals surface area contributed by atoms with Crippen molar-refractivity contribution in [3.8, 4) is 11.3 Å². The minimum atomic E-state index is -0.334. The van der Waals surface area contributed by atoms with E-state index in [1.165, 1.54) is 23.3 Å². The zero-order chi connectivity index (χ0) is 20.8. The van der Waals surface area contributed by atoms with Crippen LogP contribution in [0.5, 0.6) is 0 Å². The van der Waals surface area contributed by atoms with Crippen molar-refractivity contribution in [2.75, 3.05) is 12.4 Å². The highest BCUT2D eigenvalue weighted by molar-refractivity contribution is 6.11. The first-order valence-electron chi connectivity index (χ1n) is 9.97. The van der Waals surface area contributed by atoms with Gasteiger partial charge in [-0.2, -0.15) is 0 Å². The normalized spacial score (nSPS) is 15.1. The lowest BCUT2D eigenvalue weighted by Crippen LogP contribution is -2.18. The molecular weight excluding hydrogens is 379 g/mol. The van der Waals surface area contributed by atoms with Crippen LogP contribution in [0.25, 0.3) is 22.3 Å². The van der Waals surface area contributed by atoms with Crippen LogP contribution < -0.4 is 10.6 Å². The van der Waals surface area contributed by atoms with Crippen LogP contribution in [0.3, 0.4) is 0 Å². The molecule has 0 saturated carbocycles. The maximum Gasteiger partial charge on any atom is 0.255 e. The average Bonchev–Trinajstić information content (AvgIpc) is 3.08. The lowest BCUT2D eigenvalue weighted by molar-refractivity contribution is 0.0964. The Bertz CT molecular complexity index is 1270. The highest BCUT2D eigenvalue weighted by Crippen LogP contribution is 2.41. The Morgan fingerprint density at radius 1 is 1.10 bits per heavy atom. The smallest absolute Gasteiger partial charge is 0.255 e. The van der Waals surface area contributed by atoms with Gasteiger partial charge in [-0.1, -0.05) is 31.2 Å². The number of carbonyl (C=O) groups excluding carboxylic acids is 1. The summed E-state index contributed by atoms with van der Waals surface area (Å²) in [6.07, 6.45) is 0. The molecule has 0 fully saturated rings. The van der Waals surface area contributed by atoms with E-state index in [-0.39, 0.29) is 17.6 Å². The number of anilines is 1. The summed E-state index contributed by atoms with van der Waals surface area (Å²) >= 11 is 0. The summed E-state index contributed by atoms with van der Waals surface area (Å²) < 4.78 is 19.6. The Morgan fingerprint density at radius 2 is 1.87 bits per heavy atom. The number of carbonyl (C=O) groups is 1. The molecule has 1 atom stereocenters. The molecule has 0 bridgehead atoms. The molecule has 4 nitrogen and oxygen atoms in total.